The maximum absolute atomic E-state index is 10.2. The van der Waals surface area contributed by atoms with E-state index in [1.807, 2.05) is 11.8 Å². The van der Waals surface area contributed by atoms with Crippen molar-refractivity contribution in [2.24, 2.45) is 5.92 Å². The van der Waals surface area contributed by atoms with Crippen LogP contribution in [0.15, 0.2) is 0 Å². The van der Waals surface area contributed by atoms with E-state index in [2.05, 4.69) is 5.32 Å². The second-order valence-corrected chi connectivity index (χ2v) is 5.85. The van der Waals surface area contributed by atoms with Crippen LogP contribution in [0.4, 0.5) is 0 Å². The maximum Gasteiger partial charge on any atom is 0.0815 e. The summed E-state index contributed by atoms with van der Waals surface area (Å²) in [5.74, 6) is 3.41. The summed E-state index contributed by atoms with van der Waals surface area (Å²) in [4.78, 5) is 0. The molecule has 2 aliphatic rings. The normalized spacial score (nSPS) is 30.6. The first-order chi connectivity index (χ1) is 7.29. The van der Waals surface area contributed by atoms with Gasteiger partial charge in [0, 0.05) is 32.6 Å². The van der Waals surface area contributed by atoms with Crippen molar-refractivity contribution in [1.82, 2.24) is 5.32 Å². The van der Waals surface area contributed by atoms with E-state index in [9.17, 15) is 5.11 Å². The summed E-state index contributed by atoms with van der Waals surface area (Å²) in [6.45, 7) is 3.21. The Balaban J connectivity index is 1.63. The molecule has 0 aromatic carbocycles. The molecule has 2 N–H and O–H groups in total. The van der Waals surface area contributed by atoms with Crippen molar-refractivity contribution in [1.29, 1.82) is 0 Å². The molecule has 2 heterocycles. The van der Waals surface area contributed by atoms with E-state index in [1.54, 1.807) is 0 Å². The van der Waals surface area contributed by atoms with Gasteiger partial charge < -0.3 is 15.2 Å². The Bertz CT molecular complexity index is 189. The Labute approximate surface area is 96.0 Å². The molecule has 0 saturated carbocycles. The predicted octanol–water partition coefficient (Wildman–Crippen LogP) is 0.871. The quantitative estimate of drug-likeness (QED) is 0.753. The first-order valence-electron chi connectivity index (χ1n) is 5.87. The summed E-state index contributed by atoms with van der Waals surface area (Å²) in [6.07, 6.45) is 2.89. The van der Waals surface area contributed by atoms with Gasteiger partial charge in [-0.25, -0.2) is 0 Å². The second-order valence-electron chi connectivity index (χ2n) is 4.70. The lowest BCUT2D eigenvalue weighted by molar-refractivity contribution is -0.0617. The lowest BCUT2D eigenvalue weighted by Gasteiger charge is -2.32. The van der Waals surface area contributed by atoms with Crippen LogP contribution in [0.2, 0.25) is 0 Å². The molecule has 0 spiro atoms. The van der Waals surface area contributed by atoms with E-state index in [-0.39, 0.29) is 0 Å². The van der Waals surface area contributed by atoms with Crippen LogP contribution < -0.4 is 5.32 Å². The molecule has 1 atom stereocenters. The van der Waals surface area contributed by atoms with Crippen molar-refractivity contribution >= 4 is 11.8 Å². The average molecular weight is 231 g/mol. The maximum atomic E-state index is 10.2. The minimum Gasteiger partial charge on any atom is -0.388 e. The van der Waals surface area contributed by atoms with Crippen molar-refractivity contribution in [3.8, 4) is 0 Å². The highest BCUT2D eigenvalue weighted by atomic mass is 32.2. The Hall–Kier alpha value is 0.230. The molecule has 1 unspecified atom stereocenters. The van der Waals surface area contributed by atoms with Gasteiger partial charge >= 0.3 is 0 Å². The Morgan fingerprint density at radius 2 is 2.20 bits per heavy atom. The van der Waals surface area contributed by atoms with Gasteiger partial charge in [-0.2, -0.15) is 11.8 Å². The first kappa shape index (κ1) is 11.7. The zero-order valence-electron chi connectivity index (χ0n) is 9.21. The van der Waals surface area contributed by atoms with Crippen LogP contribution in [0, 0.1) is 5.92 Å². The Morgan fingerprint density at radius 1 is 1.40 bits per heavy atom. The molecule has 0 aromatic heterocycles. The summed E-state index contributed by atoms with van der Waals surface area (Å²) >= 11 is 2.04. The van der Waals surface area contributed by atoms with Crippen LogP contribution in [0.3, 0.4) is 0 Å². The SMILES string of the molecule is OC1(CNCC2CCSC2)CCOCC1. The van der Waals surface area contributed by atoms with Gasteiger partial charge in [-0.1, -0.05) is 0 Å². The highest BCUT2D eigenvalue weighted by Crippen LogP contribution is 2.23. The van der Waals surface area contributed by atoms with E-state index in [0.29, 0.717) is 13.2 Å². The molecule has 2 aliphatic heterocycles. The summed E-state index contributed by atoms with van der Waals surface area (Å²) in [6, 6.07) is 0. The molecule has 3 nitrogen and oxygen atoms in total. The van der Waals surface area contributed by atoms with Gasteiger partial charge in [0.05, 0.1) is 5.60 Å². The molecule has 0 radical (unpaired) electrons. The lowest BCUT2D eigenvalue weighted by atomic mass is 9.94. The molecule has 2 rings (SSSR count). The van der Waals surface area contributed by atoms with Crippen molar-refractivity contribution in [3.63, 3.8) is 0 Å². The monoisotopic (exact) mass is 231 g/mol. The summed E-state index contributed by atoms with van der Waals surface area (Å²) < 4.78 is 5.25. The van der Waals surface area contributed by atoms with E-state index in [4.69, 9.17) is 4.74 Å². The topological polar surface area (TPSA) is 41.5 Å². The van der Waals surface area contributed by atoms with Crippen LogP contribution in [0.5, 0.6) is 0 Å². The fourth-order valence-corrected chi connectivity index (χ4v) is 3.47. The van der Waals surface area contributed by atoms with Crippen LogP contribution >= 0.6 is 11.8 Å². The number of rotatable bonds is 4. The van der Waals surface area contributed by atoms with Gasteiger partial charge in [0.2, 0.25) is 0 Å². The molecule has 4 heteroatoms. The summed E-state index contributed by atoms with van der Waals surface area (Å²) in [7, 11) is 0. The fourth-order valence-electron chi connectivity index (χ4n) is 2.18. The van der Waals surface area contributed by atoms with E-state index >= 15 is 0 Å². The number of nitrogens with one attached hydrogen (secondary N) is 1. The molecular formula is C11H21NO2S. The van der Waals surface area contributed by atoms with E-state index in [0.717, 1.165) is 31.8 Å². The first-order valence-corrected chi connectivity index (χ1v) is 7.03. The van der Waals surface area contributed by atoms with Crippen molar-refractivity contribution in [2.45, 2.75) is 24.9 Å². The zero-order chi connectivity index (χ0) is 10.6. The molecule has 0 amide bonds. The van der Waals surface area contributed by atoms with Gasteiger partial charge in [-0.15, -0.1) is 0 Å². The van der Waals surface area contributed by atoms with Crippen LogP contribution in [0.25, 0.3) is 0 Å². The molecule has 0 bridgehead atoms. The Morgan fingerprint density at radius 3 is 2.87 bits per heavy atom. The summed E-state index contributed by atoms with van der Waals surface area (Å²) in [5.41, 5.74) is -0.510. The standard InChI is InChI=1S/C11H21NO2S/c13-11(2-4-14-5-3-11)9-12-7-10-1-6-15-8-10/h10,12-13H,1-9H2. The second kappa shape index (κ2) is 5.53. The van der Waals surface area contributed by atoms with Gasteiger partial charge in [-0.3, -0.25) is 0 Å². The van der Waals surface area contributed by atoms with Crippen molar-refractivity contribution < 1.29 is 9.84 Å². The van der Waals surface area contributed by atoms with Crippen molar-refractivity contribution in [3.05, 3.63) is 0 Å². The lowest BCUT2D eigenvalue weighted by Crippen LogP contribution is -2.46. The molecule has 0 aliphatic carbocycles. The third-order valence-corrected chi connectivity index (χ3v) is 4.57. The molecule has 88 valence electrons. The number of hydrogen-bond acceptors (Lipinski definition) is 4. The van der Waals surface area contributed by atoms with E-state index < -0.39 is 5.60 Å². The fraction of sp³-hybridized carbons (Fsp3) is 1.00. The largest absolute Gasteiger partial charge is 0.388 e. The Kier molecular flexibility index (Phi) is 4.31. The number of ether oxygens (including phenoxy) is 1. The highest BCUT2D eigenvalue weighted by Gasteiger charge is 2.29. The highest BCUT2D eigenvalue weighted by molar-refractivity contribution is 7.99. The minimum absolute atomic E-state index is 0.510. The number of thioether (sulfide) groups is 1. The molecule has 15 heavy (non-hydrogen) atoms. The molecule has 0 aromatic rings. The smallest absolute Gasteiger partial charge is 0.0815 e. The predicted molar refractivity (Wildman–Crippen MR) is 63.3 cm³/mol. The molecule has 2 fully saturated rings. The minimum atomic E-state index is -0.510. The van der Waals surface area contributed by atoms with Gasteiger partial charge in [0.15, 0.2) is 0 Å². The van der Waals surface area contributed by atoms with Gasteiger partial charge in [-0.05, 0) is 30.4 Å². The van der Waals surface area contributed by atoms with Crippen LogP contribution in [0.1, 0.15) is 19.3 Å². The number of hydrogen-bond donors (Lipinski definition) is 2. The van der Waals surface area contributed by atoms with Crippen molar-refractivity contribution in [2.75, 3.05) is 37.8 Å². The van der Waals surface area contributed by atoms with Crippen LogP contribution in [-0.4, -0.2) is 48.5 Å². The van der Waals surface area contributed by atoms with E-state index in [1.165, 1.54) is 17.9 Å². The van der Waals surface area contributed by atoms with Crippen LogP contribution in [-0.2, 0) is 4.74 Å². The van der Waals surface area contributed by atoms with Gasteiger partial charge in [0.1, 0.15) is 0 Å². The third kappa shape index (κ3) is 3.63. The molecular weight excluding hydrogens is 210 g/mol. The average Bonchev–Trinajstić information content (AvgIpc) is 2.71. The third-order valence-electron chi connectivity index (χ3n) is 3.33. The number of aliphatic hydroxyl groups is 1. The van der Waals surface area contributed by atoms with Gasteiger partial charge in [0.25, 0.3) is 0 Å². The zero-order valence-corrected chi connectivity index (χ0v) is 10.0. The molecule has 2 saturated heterocycles. The summed E-state index contributed by atoms with van der Waals surface area (Å²) in [5, 5.41) is 13.6.